The molecule has 3 amide bonds. The average Bonchev–Trinajstić information content (AvgIpc) is 2.91. The molecule has 2 aromatic rings. The average molecular weight is 551 g/mol. The number of nitrogens with one attached hydrogen (secondary N) is 2. The Bertz CT molecular complexity index is 1230. The third-order valence-electron chi connectivity index (χ3n) is 8.32. The van der Waals surface area contributed by atoms with Crippen LogP contribution in [-0.2, 0) is 20.8 Å². The van der Waals surface area contributed by atoms with Crippen LogP contribution in [-0.4, -0.2) is 74.9 Å². The minimum absolute atomic E-state index is 0.00168. The highest BCUT2D eigenvalue weighted by Crippen LogP contribution is 2.34. The second kappa shape index (κ2) is 12.6. The molecule has 10 nitrogen and oxygen atoms in total. The van der Waals surface area contributed by atoms with Gasteiger partial charge in [0.2, 0.25) is 11.8 Å². The van der Waals surface area contributed by atoms with Gasteiger partial charge in [0.25, 0.3) is 5.91 Å². The number of para-hydroxylation sites is 1. The van der Waals surface area contributed by atoms with Crippen LogP contribution in [0.5, 0.6) is 5.75 Å². The number of aromatic hydroxyl groups is 1. The summed E-state index contributed by atoms with van der Waals surface area (Å²) in [5.41, 5.74) is 0.746. The number of aliphatic hydroxyl groups is 1. The first kappa shape index (κ1) is 29.2. The first-order valence-corrected chi connectivity index (χ1v) is 13.8. The van der Waals surface area contributed by atoms with E-state index in [1.807, 2.05) is 6.07 Å². The van der Waals surface area contributed by atoms with Crippen molar-refractivity contribution in [3.63, 3.8) is 0 Å². The zero-order chi connectivity index (χ0) is 29.0. The molecule has 214 valence electrons. The molecule has 1 unspecified atom stereocenters. The lowest BCUT2D eigenvalue weighted by Crippen LogP contribution is -2.60. The smallest absolute Gasteiger partial charge is 0.255 e. The maximum Gasteiger partial charge on any atom is 0.255 e. The summed E-state index contributed by atoms with van der Waals surface area (Å²) < 4.78 is 0. The van der Waals surface area contributed by atoms with E-state index in [1.165, 1.54) is 17.0 Å². The number of Topliss-reactive ketones (excluding diaryl/α,β-unsaturated/α-hetero) is 1. The summed E-state index contributed by atoms with van der Waals surface area (Å²) in [6.07, 6.45) is 4.72. The van der Waals surface area contributed by atoms with Crippen molar-refractivity contribution in [2.45, 2.75) is 70.2 Å². The zero-order valence-corrected chi connectivity index (χ0v) is 23.1. The molecule has 1 aliphatic carbocycles. The molecule has 0 bridgehead atoms. The molecule has 1 saturated carbocycles. The highest BCUT2D eigenvalue weighted by atomic mass is 16.3. The van der Waals surface area contributed by atoms with E-state index in [0.29, 0.717) is 0 Å². The van der Waals surface area contributed by atoms with Gasteiger partial charge >= 0.3 is 0 Å². The number of pyridine rings is 1. The van der Waals surface area contributed by atoms with E-state index >= 15 is 0 Å². The van der Waals surface area contributed by atoms with E-state index in [0.717, 1.165) is 24.8 Å². The second-order valence-corrected chi connectivity index (χ2v) is 11.2. The minimum atomic E-state index is -1.28. The lowest BCUT2D eigenvalue weighted by atomic mass is 9.75. The van der Waals surface area contributed by atoms with Crippen molar-refractivity contribution >= 4 is 23.5 Å². The summed E-state index contributed by atoms with van der Waals surface area (Å²) in [6, 6.07) is 6.86. The second-order valence-electron chi connectivity index (χ2n) is 11.2. The number of carbonyl (C=O) groups excluding carboxylic acids is 4. The van der Waals surface area contributed by atoms with Gasteiger partial charge in [-0.25, -0.2) is 0 Å². The molecule has 1 saturated heterocycles. The van der Waals surface area contributed by atoms with E-state index in [1.54, 1.807) is 51.5 Å². The Morgan fingerprint density at radius 2 is 1.85 bits per heavy atom. The lowest BCUT2D eigenvalue weighted by Gasteiger charge is -2.41. The molecule has 2 aliphatic rings. The third kappa shape index (κ3) is 6.33. The van der Waals surface area contributed by atoms with Gasteiger partial charge in [-0.05, 0) is 54.9 Å². The normalized spacial score (nSPS) is 28.6. The fraction of sp³-hybridized carbons (Fsp3) is 0.500. The predicted octanol–water partition coefficient (Wildman–Crippen LogP) is 1.85. The van der Waals surface area contributed by atoms with E-state index < -0.39 is 47.9 Å². The highest BCUT2D eigenvalue weighted by Gasteiger charge is 2.43. The summed E-state index contributed by atoms with van der Waals surface area (Å²) in [7, 11) is 1.61. The van der Waals surface area contributed by atoms with Crippen molar-refractivity contribution in [2.24, 2.45) is 17.8 Å². The standard InChI is InChI=1S/C30H38N4O6/c1-17-14-24(36)26(20-9-6-10-20)34(3)30(40)18(2)27(37)22(15-19-8-7-13-31-16-19)32-29(39)25(17)33-28(38)21-11-4-5-12-23(21)35/h4-5,7-8,11-13,16-18,20,22,25-27,35,37H,6,9-10,14-15H2,1-3H3,(H,32,39)(H,33,38)/t17-,18+,22-,25-,26?,27-/m0/s1. The fourth-order valence-corrected chi connectivity index (χ4v) is 5.71. The highest BCUT2D eigenvalue weighted by molar-refractivity contribution is 6.00. The number of phenolic OH excluding ortho intramolecular Hbond substituents is 1. The number of hydrogen-bond donors (Lipinski definition) is 4. The molecule has 4 rings (SSSR count). The Morgan fingerprint density at radius 3 is 2.48 bits per heavy atom. The number of benzene rings is 1. The summed E-state index contributed by atoms with van der Waals surface area (Å²) in [5, 5.41) is 27.2. The number of likely N-dealkylation sites (N-methyl/N-ethyl adjacent to an activating group) is 1. The van der Waals surface area contributed by atoms with Gasteiger partial charge in [0.15, 0.2) is 5.78 Å². The van der Waals surface area contributed by atoms with Gasteiger partial charge in [0.05, 0.1) is 29.7 Å². The summed E-state index contributed by atoms with van der Waals surface area (Å²) in [4.78, 5) is 59.7. The van der Waals surface area contributed by atoms with Gasteiger partial charge in [-0.2, -0.15) is 0 Å². The molecule has 1 aliphatic heterocycles. The summed E-state index contributed by atoms with van der Waals surface area (Å²) >= 11 is 0. The van der Waals surface area contributed by atoms with Crippen LogP contribution in [0.3, 0.4) is 0 Å². The Morgan fingerprint density at radius 1 is 1.12 bits per heavy atom. The van der Waals surface area contributed by atoms with Crippen LogP contribution in [0, 0.1) is 17.8 Å². The molecular formula is C30H38N4O6. The van der Waals surface area contributed by atoms with Crippen LogP contribution < -0.4 is 10.6 Å². The lowest BCUT2D eigenvalue weighted by molar-refractivity contribution is -0.148. The number of nitrogens with zero attached hydrogens (tertiary/aromatic N) is 2. The van der Waals surface area contributed by atoms with Crippen LogP contribution >= 0.6 is 0 Å². The van der Waals surface area contributed by atoms with E-state index in [2.05, 4.69) is 15.6 Å². The first-order chi connectivity index (χ1) is 19.1. The Hall–Kier alpha value is -3.79. The maximum absolute atomic E-state index is 13.8. The van der Waals surface area contributed by atoms with Crippen LogP contribution in [0.2, 0.25) is 0 Å². The summed E-state index contributed by atoms with van der Waals surface area (Å²) in [6.45, 7) is 3.30. The molecule has 0 radical (unpaired) electrons. The molecule has 1 aromatic heterocycles. The number of aromatic nitrogens is 1. The van der Waals surface area contributed by atoms with Crippen molar-refractivity contribution in [3.05, 3.63) is 59.9 Å². The largest absolute Gasteiger partial charge is 0.507 e. The van der Waals surface area contributed by atoms with Crippen LogP contribution in [0.1, 0.15) is 55.5 Å². The van der Waals surface area contributed by atoms with Crippen molar-refractivity contribution in [2.75, 3.05) is 7.05 Å². The van der Waals surface area contributed by atoms with Gasteiger partial charge in [0, 0.05) is 25.9 Å². The molecule has 1 aromatic carbocycles. The third-order valence-corrected chi connectivity index (χ3v) is 8.32. The first-order valence-electron chi connectivity index (χ1n) is 13.8. The molecule has 2 fully saturated rings. The van der Waals surface area contributed by atoms with Crippen LogP contribution in [0.25, 0.3) is 0 Å². The number of phenols is 1. The number of aliphatic hydroxyl groups excluding tert-OH is 1. The predicted molar refractivity (Wildman–Crippen MR) is 147 cm³/mol. The van der Waals surface area contributed by atoms with Crippen LogP contribution in [0.4, 0.5) is 0 Å². The molecule has 40 heavy (non-hydrogen) atoms. The number of rotatable bonds is 5. The van der Waals surface area contributed by atoms with E-state index in [9.17, 15) is 29.4 Å². The number of carbonyl (C=O) groups is 4. The van der Waals surface area contributed by atoms with Gasteiger partial charge in [-0.3, -0.25) is 24.2 Å². The van der Waals surface area contributed by atoms with Crippen molar-refractivity contribution in [3.8, 4) is 5.75 Å². The molecule has 4 N–H and O–H groups in total. The topological polar surface area (TPSA) is 149 Å². The molecule has 0 spiro atoms. The quantitative estimate of drug-likeness (QED) is 0.444. The number of hydrogen-bond acceptors (Lipinski definition) is 7. The molecule has 10 heteroatoms. The van der Waals surface area contributed by atoms with E-state index in [4.69, 9.17) is 0 Å². The van der Waals surface area contributed by atoms with Gasteiger partial charge in [-0.15, -0.1) is 0 Å². The summed E-state index contributed by atoms with van der Waals surface area (Å²) in [5.74, 6) is -3.57. The van der Waals surface area contributed by atoms with Gasteiger partial charge < -0.3 is 25.7 Å². The number of amides is 3. The SMILES string of the molecule is C[C@H]1CC(=O)C(C2CCC2)N(C)C(=O)[C@H](C)[C@H](O)[C@H](Cc2cccnc2)NC(=O)[C@H]1NC(=O)c1ccccc1O. The Kier molecular flexibility index (Phi) is 9.19. The minimum Gasteiger partial charge on any atom is -0.507 e. The van der Waals surface area contributed by atoms with E-state index in [-0.39, 0.29) is 41.8 Å². The van der Waals surface area contributed by atoms with Crippen molar-refractivity contribution < 1.29 is 29.4 Å². The van der Waals surface area contributed by atoms with Gasteiger partial charge in [0.1, 0.15) is 11.8 Å². The molecule has 6 atom stereocenters. The van der Waals surface area contributed by atoms with Crippen LogP contribution in [0.15, 0.2) is 48.8 Å². The maximum atomic E-state index is 13.8. The van der Waals surface area contributed by atoms with Crippen molar-refractivity contribution in [1.82, 2.24) is 20.5 Å². The van der Waals surface area contributed by atoms with Crippen molar-refractivity contribution in [1.29, 1.82) is 0 Å². The molecular weight excluding hydrogens is 512 g/mol. The monoisotopic (exact) mass is 550 g/mol. The zero-order valence-electron chi connectivity index (χ0n) is 23.1. The Labute approximate surface area is 234 Å². The fourth-order valence-electron chi connectivity index (χ4n) is 5.71. The molecule has 2 heterocycles. The Balaban J connectivity index is 1.70. The number of ketones is 1. The van der Waals surface area contributed by atoms with Gasteiger partial charge in [-0.1, -0.05) is 38.5 Å².